The van der Waals surface area contributed by atoms with Crippen LogP contribution in [0.3, 0.4) is 0 Å². The molecular weight excluding hydrogens is 224 g/mol. The Morgan fingerprint density at radius 3 is 2.65 bits per heavy atom. The Hall–Kier alpha value is -1.86. The van der Waals surface area contributed by atoms with Gasteiger partial charge in [0.25, 0.3) is 5.69 Å². The minimum absolute atomic E-state index is 0.0172. The van der Waals surface area contributed by atoms with E-state index in [1.807, 2.05) is 6.92 Å². The molecule has 7 nitrogen and oxygen atoms in total. The molecule has 17 heavy (non-hydrogen) atoms. The Morgan fingerprint density at radius 1 is 1.47 bits per heavy atom. The van der Waals surface area contributed by atoms with E-state index in [-0.39, 0.29) is 11.8 Å². The van der Waals surface area contributed by atoms with Crippen LogP contribution in [0.4, 0.5) is 17.1 Å². The second-order valence-corrected chi connectivity index (χ2v) is 3.60. The number of nitro benzene ring substituents is 1. The van der Waals surface area contributed by atoms with Gasteiger partial charge < -0.3 is 15.5 Å². The summed E-state index contributed by atoms with van der Waals surface area (Å²) in [5, 5.41) is 13.7. The molecule has 0 aliphatic heterocycles. The van der Waals surface area contributed by atoms with E-state index < -0.39 is 4.92 Å². The number of hydrogen-bond donors (Lipinski definition) is 3. The van der Waals surface area contributed by atoms with Crippen LogP contribution in [-0.2, 0) is 4.74 Å². The van der Waals surface area contributed by atoms with Gasteiger partial charge >= 0.3 is 0 Å². The van der Waals surface area contributed by atoms with Crippen LogP contribution in [0.5, 0.6) is 0 Å². The lowest BCUT2D eigenvalue weighted by atomic mass is 10.2. The van der Waals surface area contributed by atoms with Crippen molar-refractivity contribution in [3.63, 3.8) is 0 Å². The quantitative estimate of drug-likeness (QED) is 0.394. The Bertz CT molecular complexity index is 397. The number of ether oxygens (including phenoxy) is 1. The molecule has 0 fully saturated rings. The molecule has 7 heteroatoms. The van der Waals surface area contributed by atoms with Crippen molar-refractivity contribution in [3.8, 4) is 0 Å². The number of anilines is 2. The molecule has 0 amide bonds. The summed E-state index contributed by atoms with van der Waals surface area (Å²) in [6.45, 7) is 2.45. The zero-order chi connectivity index (χ0) is 12.8. The minimum atomic E-state index is -0.466. The third-order valence-electron chi connectivity index (χ3n) is 2.29. The second kappa shape index (κ2) is 6.02. The number of benzene rings is 1. The molecular formula is C10H16N4O3. The standard InChI is InChI=1S/C10H16N4O3/c1-7(17-2)6-12-8-3-9(13-11)5-10(4-8)14(15)16/h3-5,7,12-13H,6,11H2,1-2H3. The molecule has 0 saturated heterocycles. The normalized spacial score (nSPS) is 11.9. The number of nitrogens with one attached hydrogen (secondary N) is 2. The first-order valence-electron chi connectivity index (χ1n) is 5.09. The second-order valence-electron chi connectivity index (χ2n) is 3.60. The lowest BCUT2D eigenvalue weighted by Crippen LogP contribution is -2.18. The first kappa shape index (κ1) is 13.2. The Morgan fingerprint density at radius 2 is 2.12 bits per heavy atom. The SMILES string of the molecule is COC(C)CNc1cc(NN)cc([N+](=O)[O-])c1. The van der Waals surface area contributed by atoms with Gasteiger partial charge in [-0.1, -0.05) is 0 Å². The van der Waals surface area contributed by atoms with Crippen LogP contribution in [0.25, 0.3) is 0 Å². The molecule has 0 aliphatic carbocycles. The van der Waals surface area contributed by atoms with Gasteiger partial charge in [-0.2, -0.15) is 0 Å². The minimum Gasteiger partial charge on any atom is -0.382 e. The van der Waals surface area contributed by atoms with Crippen molar-refractivity contribution in [2.75, 3.05) is 24.4 Å². The zero-order valence-electron chi connectivity index (χ0n) is 9.77. The van der Waals surface area contributed by atoms with Gasteiger partial charge in [0.05, 0.1) is 16.7 Å². The summed E-state index contributed by atoms with van der Waals surface area (Å²) in [7, 11) is 1.60. The van der Waals surface area contributed by atoms with E-state index in [1.54, 1.807) is 13.2 Å². The maximum absolute atomic E-state index is 10.7. The summed E-state index contributed by atoms with van der Waals surface area (Å²) in [4.78, 5) is 10.2. The fourth-order valence-electron chi connectivity index (χ4n) is 1.25. The molecule has 0 saturated carbocycles. The Labute approximate surface area is 99.1 Å². The van der Waals surface area contributed by atoms with E-state index in [1.165, 1.54) is 12.1 Å². The molecule has 0 radical (unpaired) electrons. The molecule has 4 N–H and O–H groups in total. The third-order valence-corrected chi connectivity index (χ3v) is 2.29. The van der Waals surface area contributed by atoms with Crippen LogP contribution in [0.15, 0.2) is 18.2 Å². The van der Waals surface area contributed by atoms with Gasteiger partial charge in [0, 0.05) is 31.5 Å². The zero-order valence-corrected chi connectivity index (χ0v) is 9.77. The van der Waals surface area contributed by atoms with E-state index in [0.717, 1.165) is 0 Å². The highest BCUT2D eigenvalue weighted by atomic mass is 16.6. The Kier molecular flexibility index (Phi) is 4.68. The molecule has 1 atom stereocenters. The summed E-state index contributed by atoms with van der Waals surface area (Å²) < 4.78 is 5.07. The van der Waals surface area contributed by atoms with Crippen LogP contribution in [0.2, 0.25) is 0 Å². The first-order valence-corrected chi connectivity index (χ1v) is 5.09. The van der Waals surface area contributed by atoms with Crippen molar-refractivity contribution in [1.82, 2.24) is 0 Å². The van der Waals surface area contributed by atoms with Crippen LogP contribution in [0, 0.1) is 10.1 Å². The number of hydrazine groups is 1. The van der Waals surface area contributed by atoms with Crippen LogP contribution >= 0.6 is 0 Å². The smallest absolute Gasteiger partial charge is 0.273 e. The largest absolute Gasteiger partial charge is 0.382 e. The van der Waals surface area contributed by atoms with Crippen molar-refractivity contribution in [3.05, 3.63) is 28.3 Å². The van der Waals surface area contributed by atoms with E-state index in [2.05, 4.69) is 10.7 Å². The lowest BCUT2D eigenvalue weighted by Gasteiger charge is -2.12. The molecule has 1 aromatic rings. The average Bonchev–Trinajstić information content (AvgIpc) is 2.35. The average molecular weight is 240 g/mol. The lowest BCUT2D eigenvalue weighted by molar-refractivity contribution is -0.384. The number of non-ortho nitro benzene ring substituents is 1. The maximum Gasteiger partial charge on any atom is 0.273 e. The van der Waals surface area contributed by atoms with Gasteiger partial charge in [0.1, 0.15) is 0 Å². The molecule has 1 aromatic carbocycles. The summed E-state index contributed by atoms with van der Waals surface area (Å²) in [5.74, 6) is 5.24. The van der Waals surface area contributed by atoms with Gasteiger partial charge in [-0.15, -0.1) is 0 Å². The number of nitrogens with two attached hydrogens (primary N) is 1. The van der Waals surface area contributed by atoms with Gasteiger partial charge in [-0.3, -0.25) is 16.0 Å². The van der Waals surface area contributed by atoms with Crippen molar-refractivity contribution in [2.45, 2.75) is 13.0 Å². The molecule has 0 bridgehead atoms. The molecule has 0 heterocycles. The molecule has 0 aromatic heterocycles. The topological polar surface area (TPSA) is 102 Å². The first-order chi connectivity index (χ1) is 8.06. The van der Waals surface area contributed by atoms with Crippen LogP contribution in [0.1, 0.15) is 6.92 Å². The summed E-state index contributed by atoms with van der Waals surface area (Å²) >= 11 is 0. The molecule has 94 valence electrons. The van der Waals surface area contributed by atoms with Crippen molar-refractivity contribution < 1.29 is 9.66 Å². The number of nitrogen functional groups attached to an aromatic ring is 1. The van der Waals surface area contributed by atoms with Crippen molar-refractivity contribution >= 4 is 17.1 Å². The van der Waals surface area contributed by atoms with E-state index in [9.17, 15) is 10.1 Å². The highest BCUT2D eigenvalue weighted by molar-refractivity contribution is 5.63. The Balaban J connectivity index is 2.83. The van der Waals surface area contributed by atoms with E-state index >= 15 is 0 Å². The monoisotopic (exact) mass is 240 g/mol. The van der Waals surface area contributed by atoms with Crippen LogP contribution in [-0.4, -0.2) is 24.7 Å². The van der Waals surface area contributed by atoms with Gasteiger partial charge in [-0.05, 0) is 13.0 Å². The number of methoxy groups -OCH3 is 1. The van der Waals surface area contributed by atoms with E-state index in [4.69, 9.17) is 10.6 Å². The van der Waals surface area contributed by atoms with E-state index in [0.29, 0.717) is 17.9 Å². The third kappa shape index (κ3) is 3.89. The van der Waals surface area contributed by atoms with Gasteiger partial charge in [0.15, 0.2) is 0 Å². The summed E-state index contributed by atoms with van der Waals surface area (Å²) in [6.07, 6.45) is 0.0172. The number of nitrogens with zero attached hydrogens (tertiary/aromatic N) is 1. The molecule has 1 rings (SSSR count). The maximum atomic E-state index is 10.7. The number of rotatable bonds is 6. The predicted octanol–water partition coefficient (Wildman–Crippen LogP) is 1.33. The highest BCUT2D eigenvalue weighted by Gasteiger charge is 2.09. The van der Waals surface area contributed by atoms with Gasteiger partial charge in [-0.25, -0.2) is 0 Å². The van der Waals surface area contributed by atoms with Gasteiger partial charge in [0.2, 0.25) is 0 Å². The van der Waals surface area contributed by atoms with Crippen LogP contribution < -0.4 is 16.6 Å². The summed E-state index contributed by atoms with van der Waals surface area (Å²) in [6, 6.07) is 4.50. The summed E-state index contributed by atoms with van der Waals surface area (Å²) in [5.41, 5.74) is 3.47. The fourth-order valence-corrected chi connectivity index (χ4v) is 1.25. The highest BCUT2D eigenvalue weighted by Crippen LogP contribution is 2.23. The molecule has 0 spiro atoms. The predicted molar refractivity (Wildman–Crippen MR) is 65.9 cm³/mol. The van der Waals surface area contributed by atoms with Crippen molar-refractivity contribution in [2.24, 2.45) is 5.84 Å². The molecule has 1 unspecified atom stereocenters. The van der Waals surface area contributed by atoms with Crippen molar-refractivity contribution in [1.29, 1.82) is 0 Å². The number of hydrogen-bond acceptors (Lipinski definition) is 6. The fraction of sp³-hybridized carbons (Fsp3) is 0.400. The molecule has 0 aliphatic rings. The number of nitro groups is 1.